The molecule has 0 aliphatic heterocycles. The first-order valence-corrected chi connectivity index (χ1v) is 7.62. The Bertz CT molecular complexity index is 710. The van der Waals surface area contributed by atoms with E-state index in [1.165, 1.54) is 27.6 Å². The van der Waals surface area contributed by atoms with Crippen LogP contribution in [0.3, 0.4) is 0 Å². The number of aryl methyl sites for hydroxylation is 1. The fraction of sp³-hybridized carbons (Fsp3) is 0.263. The Morgan fingerprint density at radius 3 is 2.62 bits per heavy atom. The molecular formula is C19H22N2. The van der Waals surface area contributed by atoms with Gasteiger partial charge in [0, 0.05) is 24.3 Å². The third-order valence-electron chi connectivity index (χ3n) is 4.06. The lowest BCUT2D eigenvalue weighted by atomic mass is 10.0. The van der Waals surface area contributed by atoms with Crippen LogP contribution in [0.4, 0.5) is 0 Å². The van der Waals surface area contributed by atoms with Gasteiger partial charge in [-0.1, -0.05) is 48.9 Å². The fourth-order valence-electron chi connectivity index (χ4n) is 2.74. The first-order valence-electron chi connectivity index (χ1n) is 7.62. The summed E-state index contributed by atoms with van der Waals surface area (Å²) in [7, 11) is 0. The Labute approximate surface area is 126 Å². The molecule has 0 saturated heterocycles. The molecule has 3 rings (SSSR count). The smallest absolute Gasteiger partial charge is 0.0457 e. The molecule has 0 fully saturated rings. The highest BCUT2D eigenvalue weighted by atomic mass is 14.9. The van der Waals surface area contributed by atoms with Crippen LogP contribution < -0.4 is 5.32 Å². The molecule has 0 aliphatic rings. The number of rotatable bonds is 5. The predicted octanol–water partition coefficient (Wildman–Crippen LogP) is 4.72. The molecule has 0 aliphatic carbocycles. The molecule has 3 aromatic rings. The van der Waals surface area contributed by atoms with Crippen LogP contribution in [0.15, 0.2) is 54.7 Å². The lowest BCUT2D eigenvalue weighted by Crippen LogP contribution is -2.20. The second kappa shape index (κ2) is 6.15. The highest BCUT2D eigenvalue weighted by Gasteiger charge is 2.08. The van der Waals surface area contributed by atoms with Gasteiger partial charge in [-0.2, -0.15) is 0 Å². The molecule has 2 heteroatoms. The van der Waals surface area contributed by atoms with Gasteiger partial charge in [0.25, 0.3) is 0 Å². The number of H-pyrrole nitrogens is 1. The van der Waals surface area contributed by atoms with E-state index in [0.29, 0.717) is 6.04 Å². The van der Waals surface area contributed by atoms with Crippen molar-refractivity contribution in [3.05, 3.63) is 71.4 Å². The maximum absolute atomic E-state index is 3.66. The summed E-state index contributed by atoms with van der Waals surface area (Å²) in [6, 6.07) is 17.9. The summed E-state index contributed by atoms with van der Waals surface area (Å²) in [5, 5.41) is 4.93. The number of hydrogen-bond acceptors (Lipinski definition) is 1. The summed E-state index contributed by atoms with van der Waals surface area (Å²) in [5.74, 6) is 0. The highest BCUT2D eigenvalue weighted by Crippen LogP contribution is 2.19. The van der Waals surface area contributed by atoms with Crippen molar-refractivity contribution >= 4 is 10.9 Å². The van der Waals surface area contributed by atoms with Gasteiger partial charge in [0.1, 0.15) is 0 Å². The zero-order chi connectivity index (χ0) is 14.7. The van der Waals surface area contributed by atoms with Crippen molar-refractivity contribution in [3.8, 4) is 0 Å². The Kier molecular flexibility index (Phi) is 4.07. The topological polar surface area (TPSA) is 27.8 Å². The predicted molar refractivity (Wildman–Crippen MR) is 89.3 cm³/mol. The zero-order valence-electron chi connectivity index (χ0n) is 12.7. The van der Waals surface area contributed by atoms with E-state index in [9.17, 15) is 0 Å². The molecule has 108 valence electrons. The minimum absolute atomic E-state index is 0.407. The summed E-state index contributed by atoms with van der Waals surface area (Å²) in [6.07, 6.45) is 3.08. The van der Waals surface area contributed by atoms with E-state index in [4.69, 9.17) is 0 Å². The second-order valence-electron chi connectivity index (χ2n) is 5.65. The van der Waals surface area contributed by atoms with Gasteiger partial charge in [-0.15, -0.1) is 0 Å². The summed E-state index contributed by atoms with van der Waals surface area (Å²) >= 11 is 0. The van der Waals surface area contributed by atoms with Crippen molar-refractivity contribution in [2.45, 2.75) is 32.9 Å². The SMILES string of the molecule is CCC(NCc1ccc2cc[nH]c2c1)c1ccc(C)cc1. The molecule has 0 saturated carbocycles. The average Bonchev–Trinajstić information content (AvgIpc) is 2.97. The Balaban J connectivity index is 1.70. The summed E-state index contributed by atoms with van der Waals surface area (Å²) in [6.45, 7) is 5.25. The van der Waals surface area contributed by atoms with Crippen molar-refractivity contribution in [1.82, 2.24) is 10.3 Å². The quantitative estimate of drug-likeness (QED) is 0.694. The number of aromatic nitrogens is 1. The summed E-state index contributed by atoms with van der Waals surface area (Å²) in [4.78, 5) is 3.27. The number of aromatic amines is 1. The van der Waals surface area contributed by atoms with Crippen LogP contribution in [0.2, 0.25) is 0 Å². The van der Waals surface area contributed by atoms with Crippen LogP contribution in [0.1, 0.15) is 36.1 Å². The zero-order valence-corrected chi connectivity index (χ0v) is 12.7. The van der Waals surface area contributed by atoms with Gasteiger partial charge in [0.2, 0.25) is 0 Å². The Morgan fingerprint density at radius 1 is 1.05 bits per heavy atom. The average molecular weight is 278 g/mol. The van der Waals surface area contributed by atoms with Crippen LogP contribution in [0, 0.1) is 6.92 Å². The van der Waals surface area contributed by atoms with Crippen molar-refractivity contribution in [2.75, 3.05) is 0 Å². The highest BCUT2D eigenvalue weighted by molar-refractivity contribution is 5.79. The van der Waals surface area contributed by atoms with Crippen LogP contribution in [0.25, 0.3) is 10.9 Å². The maximum Gasteiger partial charge on any atom is 0.0457 e. The number of nitrogens with one attached hydrogen (secondary N) is 2. The van der Waals surface area contributed by atoms with Crippen molar-refractivity contribution < 1.29 is 0 Å². The third kappa shape index (κ3) is 3.17. The van der Waals surface area contributed by atoms with Gasteiger partial charge in [0.05, 0.1) is 0 Å². The first-order chi connectivity index (χ1) is 10.3. The third-order valence-corrected chi connectivity index (χ3v) is 4.06. The van der Waals surface area contributed by atoms with Gasteiger partial charge in [-0.05, 0) is 42.0 Å². The Morgan fingerprint density at radius 2 is 1.86 bits per heavy atom. The van der Waals surface area contributed by atoms with Gasteiger partial charge in [-0.3, -0.25) is 0 Å². The fourth-order valence-corrected chi connectivity index (χ4v) is 2.74. The molecule has 0 bridgehead atoms. The standard InChI is InChI=1S/C19H22N2/c1-3-18(16-7-4-14(2)5-8-16)21-13-15-6-9-17-10-11-20-19(17)12-15/h4-12,18,20-21H,3,13H2,1-2H3. The van der Waals surface area contributed by atoms with E-state index >= 15 is 0 Å². The van der Waals surface area contributed by atoms with Crippen LogP contribution in [-0.4, -0.2) is 4.98 Å². The van der Waals surface area contributed by atoms with Gasteiger partial charge in [-0.25, -0.2) is 0 Å². The molecule has 21 heavy (non-hydrogen) atoms. The molecule has 2 N–H and O–H groups in total. The molecule has 1 aromatic heterocycles. The molecule has 0 amide bonds. The number of benzene rings is 2. The van der Waals surface area contributed by atoms with E-state index in [-0.39, 0.29) is 0 Å². The molecule has 2 aromatic carbocycles. The van der Waals surface area contributed by atoms with Crippen molar-refractivity contribution in [2.24, 2.45) is 0 Å². The van der Waals surface area contributed by atoms with E-state index in [0.717, 1.165) is 13.0 Å². The van der Waals surface area contributed by atoms with Gasteiger partial charge < -0.3 is 10.3 Å². The molecule has 0 radical (unpaired) electrons. The number of fused-ring (bicyclic) bond motifs is 1. The molecule has 0 spiro atoms. The first kappa shape index (κ1) is 13.9. The maximum atomic E-state index is 3.66. The minimum atomic E-state index is 0.407. The van der Waals surface area contributed by atoms with E-state index in [1.54, 1.807) is 0 Å². The van der Waals surface area contributed by atoms with E-state index < -0.39 is 0 Å². The number of hydrogen-bond donors (Lipinski definition) is 2. The van der Waals surface area contributed by atoms with Gasteiger partial charge in [0.15, 0.2) is 0 Å². The largest absolute Gasteiger partial charge is 0.361 e. The van der Waals surface area contributed by atoms with Crippen molar-refractivity contribution in [1.29, 1.82) is 0 Å². The second-order valence-corrected chi connectivity index (χ2v) is 5.65. The monoisotopic (exact) mass is 278 g/mol. The lowest BCUT2D eigenvalue weighted by molar-refractivity contribution is 0.519. The normalized spacial score (nSPS) is 12.7. The molecule has 1 heterocycles. The van der Waals surface area contributed by atoms with E-state index in [1.807, 2.05) is 6.20 Å². The Hall–Kier alpha value is -2.06. The minimum Gasteiger partial charge on any atom is -0.361 e. The lowest BCUT2D eigenvalue weighted by Gasteiger charge is -2.18. The van der Waals surface area contributed by atoms with Crippen LogP contribution in [0.5, 0.6) is 0 Å². The van der Waals surface area contributed by atoms with Gasteiger partial charge >= 0.3 is 0 Å². The summed E-state index contributed by atoms with van der Waals surface area (Å²) < 4.78 is 0. The van der Waals surface area contributed by atoms with Crippen LogP contribution in [-0.2, 0) is 6.54 Å². The molecule has 1 atom stereocenters. The summed E-state index contributed by atoms with van der Waals surface area (Å²) in [5.41, 5.74) is 5.20. The van der Waals surface area contributed by atoms with E-state index in [2.05, 4.69) is 72.7 Å². The molecule has 2 nitrogen and oxygen atoms in total. The molecule has 1 unspecified atom stereocenters. The van der Waals surface area contributed by atoms with Crippen LogP contribution >= 0.6 is 0 Å². The molecular weight excluding hydrogens is 256 g/mol. The van der Waals surface area contributed by atoms with Crippen molar-refractivity contribution in [3.63, 3.8) is 0 Å².